The van der Waals surface area contributed by atoms with Crippen molar-refractivity contribution < 1.29 is 9.53 Å². The van der Waals surface area contributed by atoms with Gasteiger partial charge >= 0.3 is 0 Å². The van der Waals surface area contributed by atoms with Crippen molar-refractivity contribution in [1.82, 2.24) is 9.80 Å². The van der Waals surface area contributed by atoms with E-state index in [1.807, 2.05) is 4.90 Å². The summed E-state index contributed by atoms with van der Waals surface area (Å²) in [4.78, 5) is 16.5. The molecule has 2 heterocycles. The summed E-state index contributed by atoms with van der Waals surface area (Å²) in [6, 6.07) is -0.306. The van der Waals surface area contributed by atoms with Gasteiger partial charge in [0.25, 0.3) is 0 Å². The van der Waals surface area contributed by atoms with E-state index in [2.05, 4.69) is 11.8 Å². The van der Waals surface area contributed by atoms with Gasteiger partial charge in [0.15, 0.2) is 0 Å². The molecule has 19 heavy (non-hydrogen) atoms. The summed E-state index contributed by atoms with van der Waals surface area (Å²) in [6.45, 7) is 8.59. The quantitative estimate of drug-likeness (QED) is 0.779. The standard InChI is InChI=1S/C14H27N3O2/c1-2-3-13(15)14(18)17-7-5-16(6-8-17)10-12-4-9-19-11-12/h12-13H,2-11,15H2,1H3. The van der Waals surface area contributed by atoms with Gasteiger partial charge < -0.3 is 15.4 Å². The van der Waals surface area contributed by atoms with E-state index in [9.17, 15) is 4.79 Å². The fourth-order valence-electron chi connectivity index (χ4n) is 2.91. The molecule has 0 saturated carbocycles. The zero-order valence-corrected chi connectivity index (χ0v) is 12.0. The van der Waals surface area contributed by atoms with E-state index in [1.165, 1.54) is 6.42 Å². The lowest BCUT2D eigenvalue weighted by Gasteiger charge is -2.36. The van der Waals surface area contributed by atoms with Crippen LogP contribution in [0.3, 0.4) is 0 Å². The van der Waals surface area contributed by atoms with Gasteiger partial charge in [-0.05, 0) is 18.8 Å². The number of amides is 1. The lowest BCUT2D eigenvalue weighted by molar-refractivity contribution is -0.134. The third-order valence-corrected chi connectivity index (χ3v) is 4.14. The van der Waals surface area contributed by atoms with Crippen molar-refractivity contribution in [3.8, 4) is 0 Å². The first-order valence-electron chi connectivity index (χ1n) is 7.55. The van der Waals surface area contributed by atoms with Gasteiger partial charge in [-0.25, -0.2) is 0 Å². The van der Waals surface area contributed by atoms with Crippen LogP contribution < -0.4 is 5.73 Å². The molecule has 2 unspecified atom stereocenters. The Morgan fingerprint density at radius 3 is 2.68 bits per heavy atom. The number of ether oxygens (including phenoxy) is 1. The van der Waals surface area contributed by atoms with Gasteiger partial charge in [-0.3, -0.25) is 9.69 Å². The van der Waals surface area contributed by atoms with E-state index in [1.54, 1.807) is 0 Å². The molecule has 0 spiro atoms. The number of nitrogens with two attached hydrogens (primary N) is 1. The van der Waals surface area contributed by atoms with E-state index in [0.29, 0.717) is 5.92 Å². The number of hydrogen-bond acceptors (Lipinski definition) is 4. The van der Waals surface area contributed by atoms with Crippen LogP contribution in [0.4, 0.5) is 0 Å². The molecule has 110 valence electrons. The number of nitrogens with zero attached hydrogens (tertiary/aromatic N) is 2. The molecular formula is C14H27N3O2. The molecule has 0 aromatic heterocycles. The Labute approximate surface area is 116 Å². The zero-order chi connectivity index (χ0) is 13.7. The van der Waals surface area contributed by atoms with Crippen LogP contribution in [0.2, 0.25) is 0 Å². The van der Waals surface area contributed by atoms with Gasteiger partial charge in [0.2, 0.25) is 5.91 Å². The van der Waals surface area contributed by atoms with Crippen molar-refractivity contribution in [1.29, 1.82) is 0 Å². The van der Waals surface area contributed by atoms with Crippen LogP contribution in [0.25, 0.3) is 0 Å². The molecule has 0 radical (unpaired) electrons. The first kappa shape index (κ1) is 14.8. The number of piperazine rings is 1. The Bertz CT molecular complexity index is 284. The van der Waals surface area contributed by atoms with E-state index in [4.69, 9.17) is 10.5 Å². The molecule has 2 atom stereocenters. The molecule has 2 saturated heterocycles. The summed E-state index contributed by atoms with van der Waals surface area (Å²) >= 11 is 0. The van der Waals surface area contributed by atoms with E-state index in [0.717, 1.165) is 58.8 Å². The molecular weight excluding hydrogens is 242 g/mol. The van der Waals surface area contributed by atoms with E-state index < -0.39 is 0 Å². The van der Waals surface area contributed by atoms with Crippen LogP contribution in [0.1, 0.15) is 26.2 Å². The molecule has 2 aliphatic heterocycles. The number of carbonyl (C=O) groups excluding carboxylic acids is 1. The summed E-state index contributed by atoms with van der Waals surface area (Å²) in [5, 5.41) is 0. The van der Waals surface area contributed by atoms with Crippen LogP contribution in [0.5, 0.6) is 0 Å². The summed E-state index contributed by atoms with van der Waals surface area (Å²) < 4.78 is 5.41. The smallest absolute Gasteiger partial charge is 0.239 e. The summed E-state index contributed by atoms with van der Waals surface area (Å²) in [6.07, 6.45) is 2.94. The summed E-state index contributed by atoms with van der Waals surface area (Å²) in [5.74, 6) is 0.815. The SMILES string of the molecule is CCCC(N)C(=O)N1CCN(CC2CCOC2)CC1. The van der Waals surface area contributed by atoms with Crippen LogP contribution in [-0.4, -0.2) is 67.7 Å². The zero-order valence-electron chi connectivity index (χ0n) is 12.0. The highest BCUT2D eigenvalue weighted by Crippen LogP contribution is 2.15. The Morgan fingerprint density at radius 2 is 2.11 bits per heavy atom. The second-order valence-corrected chi connectivity index (χ2v) is 5.75. The number of rotatable bonds is 5. The predicted octanol–water partition coefficient (Wildman–Crippen LogP) is 0.295. The minimum absolute atomic E-state index is 0.130. The normalized spacial score (nSPS) is 26.6. The fraction of sp³-hybridized carbons (Fsp3) is 0.929. The van der Waals surface area contributed by atoms with Gasteiger partial charge in [-0.1, -0.05) is 13.3 Å². The highest BCUT2D eigenvalue weighted by Gasteiger charge is 2.26. The highest BCUT2D eigenvalue weighted by atomic mass is 16.5. The van der Waals surface area contributed by atoms with Crippen molar-refractivity contribution in [2.24, 2.45) is 11.7 Å². The van der Waals surface area contributed by atoms with Crippen LogP contribution in [-0.2, 0) is 9.53 Å². The topological polar surface area (TPSA) is 58.8 Å². The third-order valence-electron chi connectivity index (χ3n) is 4.14. The Morgan fingerprint density at radius 1 is 1.37 bits per heavy atom. The molecule has 5 nitrogen and oxygen atoms in total. The Hall–Kier alpha value is -0.650. The maximum absolute atomic E-state index is 12.1. The van der Waals surface area contributed by atoms with Crippen molar-refractivity contribution in [3.63, 3.8) is 0 Å². The van der Waals surface area contributed by atoms with E-state index >= 15 is 0 Å². The molecule has 1 amide bonds. The lowest BCUT2D eigenvalue weighted by Crippen LogP contribution is -2.53. The average molecular weight is 269 g/mol. The molecule has 2 fully saturated rings. The third kappa shape index (κ3) is 4.16. The largest absolute Gasteiger partial charge is 0.381 e. The van der Waals surface area contributed by atoms with Crippen LogP contribution in [0, 0.1) is 5.92 Å². The van der Waals surface area contributed by atoms with Crippen LogP contribution >= 0.6 is 0 Å². The summed E-state index contributed by atoms with van der Waals surface area (Å²) in [5.41, 5.74) is 5.90. The minimum atomic E-state index is -0.306. The van der Waals surface area contributed by atoms with Gasteiger partial charge in [0.1, 0.15) is 0 Å². The molecule has 0 aromatic rings. The van der Waals surface area contributed by atoms with Crippen molar-refractivity contribution >= 4 is 5.91 Å². The second kappa shape index (κ2) is 7.22. The van der Waals surface area contributed by atoms with Crippen molar-refractivity contribution in [2.75, 3.05) is 45.9 Å². The van der Waals surface area contributed by atoms with Gasteiger partial charge in [-0.15, -0.1) is 0 Å². The number of carbonyl (C=O) groups is 1. The van der Waals surface area contributed by atoms with Gasteiger partial charge in [0, 0.05) is 39.3 Å². The lowest BCUT2D eigenvalue weighted by atomic mass is 10.1. The van der Waals surface area contributed by atoms with Gasteiger partial charge in [-0.2, -0.15) is 0 Å². The molecule has 2 aliphatic rings. The molecule has 0 aromatic carbocycles. The van der Waals surface area contributed by atoms with Crippen molar-refractivity contribution in [3.05, 3.63) is 0 Å². The fourth-order valence-corrected chi connectivity index (χ4v) is 2.91. The average Bonchev–Trinajstić information content (AvgIpc) is 2.92. The first-order chi connectivity index (χ1) is 9.20. The Kier molecular flexibility index (Phi) is 5.60. The molecule has 0 aliphatic carbocycles. The Balaban J connectivity index is 1.70. The summed E-state index contributed by atoms with van der Waals surface area (Å²) in [7, 11) is 0. The maximum Gasteiger partial charge on any atom is 0.239 e. The highest BCUT2D eigenvalue weighted by molar-refractivity contribution is 5.81. The predicted molar refractivity (Wildman–Crippen MR) is 74.8 cm³/mol. The maximum atomic E-state index is 12.1. The minimum Gasteiger partial charge on any atom is -0.381 e. The molecule has 2 rings (SSSR count). The van der Waals surface area contributed by atoms with Crippen molar-refractivity contribution in [2.45, 2.75) is 32.2 Å². The molecule has 0 bridgehead atoms. The molecule has 2 N–H and O–H groups in total. The second-order valence-electron chi connectivity index (χ2n) is 5.75. The first-order valence-corrected chi connectivity index (χ1v) is 7.55. The van der Waals surface area contributed by atoms with Gasteiger partial charge in [0.05, 0.1) is 12.6 Å². The molecule has 5 heteroatoms. The monoisotopic (exact) mass is 269 g/mol. The van der Waals surface area contributed by atoms with E-state index in [-0.39, 0.29) is 11.9 Å². The van der Waals surface area contributed by atoms with Crippen LogP contribution in [0.15, 0.2) is 0 Å². The number of hydrogen-bond donors (Lipinski definition) is 1.